The van der Waals surface area contributed by atoms with Crippen molar-refractivity contribution in [3.8, 4) is 17.1 Å². The first-order valence-corrected chi connectivity index (χ1v) is 12.1. The zero-order valence-electron chi connectivity index (χ0n) is 20.4. The van der Waals surface area contributed by atoms with Gasteiger partial charge in [0.2, 0.25) is 5.95 Å². The van der Waals surface area contributed by atoms with Crippen LogP contribution in [0.2, 0.25) is 0 Å². The Hall–Kier alpha value is -4.24. The molecule has 9 nitrogen and oxygen atoms in total. The van der Waals surface area contributed by atoms with Gasteiger partial charge in [-0.2, -0.15) is 4.98 Å². The number of anilines is 5. The molecule has 9 heteroatoms. The highest BCUT2D eigenvalue weighted by Gasteiger charge is 2.17. The minimum atomic E-state index is 0.176. The maximum Gasteiger partial charge on any atom is 0.229 e. The molecule has 4 aromatic rings. The first-order valence-electron chi connectivity index (χ1n) is 12.1. The third-order valence-corrected chi connectivity index (χ3v) is 6.42. The number of nitrogens with one attached hydrogen (secondary N) is 3. The molecule has 5 rings (SSSR count). The van der Waals surface area contributed by atoms with Crippen molar-refractivity contribution in [2.45, 2.75) is 25.8 Å². The molecule has 1 aliphatic rings. The topological polar surface area (TPSA) is 111 Å². The summed E-state index contributed by atoms with van der Waals surface area (Å²) in [6, 6.07) is 17.7. The SMILES string of the molecule is CNC1CCN(c2ccc(Nc3nccc(Nc4ccnc(-c5cc(O)ccc5C)n4)n3)cc2)CC1. The van der Waals surface area contributed by atoms with E-state index in [4.69, 9.17) is 0 Å². The predicted octanol–water partition coefficient (Wildman–Crippen LogP) is 4.62. The van der Waals surface area contributed by atoms with Gasteiger partial charge < -0.3 is 26.0 Å². The lowest BCUT2D eigenvalue weighted by Crippen LogP contribution is -2.41. The number of benzene rings is 2. The number of aromatic nitrogens is 4. The molecule has 0 unspecified atom stereocenters. The second-order valence-corrected chi connectivity index (χ2v) is 8.88. The van der Waals surface area contributed by atoms with Gasteiger partial charge in [0.1, 0.15) is 17.4 Å². The number of nitrogens with zero attached hydrogens (tertiary/aromatic N) is 5. The van der Waals surface area contributed by atoms with E-state index in [0.717, 1.165) is 42.7 Å². The first kappa shape index (κ1) is 23.5. The van der Waals surface area contributed by atoms with Crippen LogP contribution in [0.25, 0.3) is 11.4 Å². The van der Waals surface area contributed by atoms with Crippen molar-refractivity contribution in [3.05, 3.63) is 72.6 Å². The van der Waals surface area contributed by atoms with Gasteiger partial charge in [0.15, 0.2) is 5.82 Å². The van der Waals surface area contributed by atoms with Crippen LogP contribution in [0.4, 0.5) is 29.0 Å². The van der Waals surface area contributed by atoms with Crippen LogP contribution in [0.1, 0.15) is 18.4 Å². The van der Waals surface area contributed by atoms with Crippen molar-refractivity contribution < 1.29 is 5.11 Å². The van der Waals surface area contributed by atoms with Gasteiger partial charge in [-0.1, -0.05) is 6.07 Å². The van der Waals surface area contributed by atoms with Gasteiger partial charge in [0, 0.05) is 48.5 Å². The van der Waals surface area contributed by atoms with E-state index < -0.39 is 0 Å². The van der Waals surface area contributed by atoms with E-state index >= 15 is 0 Å². The van der Waals surface area contributed by atoms with Gasteiger partial charge >= 0.3 is 0 Å². The third kappa shape index (κ3) is 5.52. The monoisotopic (exact) mass is 482 g/mol. The molecule has 4 N–H and O–H groups in total. The van der Waals surface area contributed by atoms with Gasteiger partial charge in [0.05, 0.1) is 0 Å². The minimum absolute atomic E-state index is 0.176. The summed E-state index contributed by atoms with van der Waals surface area (Å²) in [6.45, 7) is 4.08. The normalized spacial score (nSPS) is 14.0. The third-order valence-electron chi connectivity index (χ3n) is 6.42. The Morgan fingerprint density at radius 2 is 1.58 bits per heavy atom. The number of phenols is 1. The highest BCUT2D eigenvalue weighted by molar-refractivity contribution is 5.65. The highest BCUT2D eigenvalue weighted by Crippen LogP contribution is 2.26. The van der Waals surface area contributed by atoms with Crippen molar-refractivity contribution >= 4 is 29.0 Å². The molecular weight excluding hydrogens is 452 g/mol. The van der Waals surface area contributed by atoms with Gasteiger partial charge in [-0.15, -0.1) is 0 Å². The Bertz CT molecular complexity index is 1320. The quantitative estimate of drug-likeness (QED) is 0.300. The highest BCUT2D eigenvalue weighted by atomic mass is 16.3. The summed E-state index contributed by atoms with van der Waals surface area (Å²) >= 11 is 0. The summed E-state index contributed by atoms with van der Waals surface area (Å²) in [5, 5.41) is 19.7. The molecule has 1 fully saturated rings. The fraction of sp³-hybridized carbons (Fsp3) is 0.259. The Morgan fingerprint density at radius 1 is 0.861 bits per heavy atom. The zero-order chi connectivity index (χ0) is 24.9. The number of hydrogen-bond donors (Lipinski definition) is 4. The molecule has 1 aliphatic heterocycles. The number of hydrogen-bond acceptors (Lipinski definition) is 9. The van der Waals surface area contributed by atoms with Crippen molar-refractivity contribution in [1.82, 2.24) is 25.3 Å². The maximum atomic E-state index is 9.86. The van der Waals surface area contributed by atoms with Crippen LogP contribution in [-0.4, -0.2) is 51.2 Å². The zero-order valence-corrected chi connectivity index (χ0v) is 20.4. The summed E-state index contributed by atoms with van der Waals surface area (Å²) in [4.78, 5) is 20.3. The largest absolute Gasteiger partial charge is 0.508 e. The Kier molecular flexibility index (Phi) is 6.90. The molecule has 0 spiro atoms. The lowest BCUT2D eigenvalue weighted by atomic mass is 10.0. The Balaban J connectivity index is 1.25. The molecule has 0 saturated carbocycles. The lowest BCUT2D eigenvalue weighted by molar-refractivity contribution is 0.442. The Morgan fingerprint density at radius 3 is 2.33 bits per heavy atom. The average molecular weight is 483 g/mol. The van der Waals surface area contributed by atoms with Crippen molar-refractivity contribution in [3.63, 3.8) is 0 Å². The standard InChI is InChI=1S/C27H30N8O/c1-18-3-8-22(36)17-23(18)26-29-13-9-24(33-26)32-25-10-14-30-27(34-25)31-20-4-6-21(7-5-20)35-15-11-19(28-2)12-16-35/h3-10,13-14,17,19,28,36H,11-12,15-16H2,1-2H3,(H2,29,30,31,32,33,34). The molecule has 1 saturated heterocycles. The molecule has 0 atom stereocenters. The predicted molar refractivity (Wildman–Crippen MR) is 143 cm³/mol. The second kappa shape index (κ2) is 10.6. The fourth-order valence-electron chi connectivity index (χ4n) is 4.34. The number of rotatable bonds is 7. The summed E-state index contributed by atoms with van der Waals surface area (Å²) in [5.41, 5.74) is 3.91. The number of aromatic hydroxyl groups is 1. The van der Waals surface area contributed by atoms with Gasteiger partial charge in [-0.05, 0) is 80.9 Å². The van der Waals surface area contributed by atoms with Gasteiger partial charge in [0.25, 0.3) is 0 Å². The molecule has 0 aliphatic carbocycles. The van der Waals surface area contributed by atoms with Crippen LogP contribution >= 0.6 is 0 Å². The summed E-state index contributed by atoms with van der Waals surface area (Å²) in [7, 11) is 2.04. The summed E-state index contributed by atoms with van der Waals surface area (Å²) in [6.07, 6.45) is 5.69. The first-order chi connectivity index (χ1) is 17.6. The van der Waals surface area contributed by atoms with Crippen LogP contribution < -0.4 is 20.9 Å². The van der Waals surface area contributed by atoms with Gasteiger partial charge in [-0.3, -0.25) is 0 Å². The van der Waals surface area contributed by atoms with E-state index in [1.54, 1.807) is 36.7 Å². The van der Waals surface area contributed by atoms with E-state index in [-0.39, 0.29) is 5.75 Å². The molecule has 2 aromatic heterocycles. The molecule has 36 heavy (non-hydrogen) atoms. The Labute approximate surface area is 210 Å². The molecular formula is C27H30N8O. The van der Waals surface area contributed by atoms with E-state index in [2.05, 4.69) is 65.1 Å². The van der Waals surface area contributed by atoms with Crippen LogP contribution in [0.5, 0.6) is 5.75 Å². The number of piperidine rings is 1. The lowest BCUT2D eigenvalue weighted by Gasteiger charge is -2.33. The average Bonchev–Trinajstić information content (AvgIpc) is 2.91. The summed E-state index contributed by atoms with van der Waals surface area (Å²) in [5.74, 6) is 2.39. The van der Waals surface area contributed by atoms with Crippen molar-refractivity contribution in [2.75, 3.05) is 35.7 Å². The smallest absolute Gasteiger partial charge is 0.229 e. The summed E-state index contributed by atoms with van der Waals surface area (Å²) < 4.78 is 0. The fourth-order valence-corrected chi connectivity index (χ4v) is 4.34. The molecule has 0 bridgehead atoms. The van der Waals surface area contributed by atoms with E-state index in [9.17, 15) is 5.11 Å². The number of phenolic OH excluding ortho intramolecular Hbond substituents is 1. The van der Waals surface area contributed by atoms with Crippen LogP contribution in [-0.2, 0) is 0 Å². The van der Waals surface area contributed by atoms with Gasteiger partial charge in [-0.25, -0.2) is 15.0 Å². The van der Waals surface area contributed by atoms with Crippen LogP contribution in [0.15, 0.2) is 67.0 Å². The van der Waals surface area contributed by atoms with Crippen molar-refractivity contribution in [1.29, 1.82) is 0 Å². The van der Waals surface area contributed by atoms with E-state index in [1.165, 1.54) is 5.69 Å². The van der Waals surface area contributed by atoms with E-state index in [0.29, 0.717) is 29.5 Å². The van der Waals surface area contributed by atoms with Crippen LogP contribution in [0.3, 0.4) is 0 Å². The molecule has 3 heterocycles. The van der Waals surface area contributed by atoms with E-state index in [1.807, 2.05) is 20.0 Å². The maximum absolute atomic E-state index is 9.86. The van der Waals surface area contributed by atoms with Crippen LogP contribution in [0, 0.1) is 6.92 Å². The number of aryl methyl sites for hydroxylation is 1. The second-order valence-electron chi connectivity index (χ2n) is 8.88. The minimum Gasteiger partial charge on any atom is -0.508 e. The molecule has 0 amide bonds. The molecule has 0 radical (unpaired) electrons. The van der Waals surface area contributed by atoms with Crippen molar-refractivity contribution in [2.24, 2.45) is 0 Å². The molecule has 2 aromatic carbocycles. The molecule has 184 valence electrons.